The molecule has 0 aromatic heterocycles. The van der Waals surface area contributed by atoms with Gasteiger partial charge in [0.05, 0.1) is 33.6 Å². The lowest BCUT2D eigenvalue weighted by Crippen LogP contribution is -2.26. The highest BCUT2D eigenvalue weighted by Gasteiger charge is 2.54. The molecule has 4 aliphatic rings. The van der Waals surface area contributed by atoms with Crippen LogP contribution in [0.4, 0.5) is 34.1 Å². The third-order valence-corrected chi connectivity index (χ3v) is 24.9. The molecule has 552 valence electrons. The molecule has 0 N–H and O–H groups in total. The Morgan fingerprint density at radius 3 is 0.695 bits per heavy atom. The van der Waals surface area contributed by atoms with Gasteiger partial charge in [0, 0.05) is 39.2 Å². The fourth-order valence-electron chi connectivity index (χ4n) is 20.1. The first kappa shape index (κ1) is 69.5. The molecule has 0 amide bonds. The summed E-state index contributed by atoms with van der Waals surface area (Å²) in [5.74, 6) is 0. The van der Waals surface area contributed by atoms with Gasteiger partial charge in [-0.3, -0.25) is 0 Å². The first-order valence-corrected chi connectivity index (χ1v) is 41.0. The van der Waals surface area contributed by atoms with Crippen LogP contribution in [0.3, 0.4) is 0 Å². The summed E-state index contributed by atoms with van der Waals surface area (Å²) in [6, 6.07) is 174. The molecule has 0 saturated heterocycles. The summed E-state index contributed by atoms with van der Waals surface area (Å²) in [7, 11) is 0. The molecule has 0 saturated carbocycles. The van der Waals surface area contributed by atoms with Gasteiger partial charge in [0.1, 0.15) is 0 Å². The summed E-state index contributed by atoms with van der Waals surface area (Å²) in [5.41, 5.74) is 43.1. The highest BCUT2D eigenvalue weighted by atomic mass is 15.2. The third-order valence-electron chi connectivity index (χ3n) is 24.9. The minimum absolute atomic E-state index is 0.444. The number of rotatable bonds is 13. The van der Waals surface area contributed by atoms with E-state index in [-0.39, 0.29) is 0 Å². The van der Waals surface area contributed by atoms with Crippen LogP contribution in [0.1, 0.15) is 44.5 Å². The van der Waals surface area contributed by atoms with E-state index >= 15 is 0 Å². The normalized spacial score (nSPS) is 12.7. The van der Waals surface area contributed by atoms with Crippen LogP contribution in [0.5, 0.6) is 0 Å². The van der Waals surface area contributed by atoms with Crippen molar-refractivity contribution in [2.45, 2.75) is 10.8 Å². The van der Waals surface area contributed by atoms with Crippen LogP contribution in [0.25, 0.3) is 122 Å². The molecule has 2 heteroatoms. The Kier molecular flexibility index (Phi) is 17.1. The molecule has 0 aliphatic heterocycles. The maximum absolute atomic E-state index is 2.59. The number of para-hydroxylation sites is 2. The van der Waals surface area contributed by atoms with E-state index in [0.29, 0.717) is 0 Å². The molecule has 0 unspecified atom stereocenters. The largest absolute Gasteiger partial charge is 0.309 e. The van der Waals surface area contributed by atoms with E-state index in [1.807, 2.05) is 0 Å². The van der Waals surface area contributed by atoms with E-state index in [9.17, 15) is 0 Å². The van der Waals surface area contributed by atoms with Crippen molar-refractivity contribution < 1.29 is 0 Å². The summed E-state index contributed by atoms with van der Waals surface area (Å²) in [4.78, 5) is 5.12. The van der Waals surface area contributed by atoms with Crippen LogP contribution >= 0.6 is 0 Å². The molecule has 0 atom stereocenters. The molecule has 2 nitrogen and oxygen atoms in total. The molecule has 2 spiro atoms. The maximum Gasteiger partial charge on any atom is 0.0726 e. The van der Waals surface area contributed by atoms with Crippen molar-refractivity contribution in [2.75, 3.05) is 9.80 Å². The second-order valence-electron chi connectivity index (χ2n) is 31.2. The summed E-state index contributed by atoms with van der Waals surface area (Å²) < 4.78 is 0. The Morgan fingerprint density at radius 2 is 0.356 bits per heavy atom. The van der Waals surface area contributed by atoms with Gasteiger partial charge in [0.2, 0.25) is 0 Å². The summed E-state index contributed by atoms with van der Waals surface area (Å²) in [6.45, 7) is 0. The lowest BCUT2D eigenvalue weighted by Gasteiger charge is -2.34. The molecule has 0 heterocycles. The van der Waals surface area contributed by atoms with Gasteiger partial charge in [-0.25, -0.2) is 0 Å². The topological polar surface area (TPSA) is 6.48 Å². The molecule has 0 bridgehead atoms. The maximum atomic E-state index is 2.59. The van der Waals surface area contributed by atoms with Crippen LogP contribution in [0.15, 0.2) is 473 Å². The van der Waals surface area contributed by atoms with Crippen LogP contribution in [0.2, 0.25) is 0 Å². The second-order valence-corrected chi connectivity index (χ2v) is 31.2. The summed E-state index contributed by atoms with van der Waals surface area (Å²) in [5, 5.41) is 0. The van der Waals surface area contributed by atoms with Gasteiger partial charge in [-0.05, 0) is 194 Å². The fraction of sp³-hybridized carbons (Fsp3) is 0.0172. The van der Waals surface area contributed by atoms with Gasteiger partial charge < -0.3 is 9.80 Å². The van der Waals surface area contributed by atoms with Gasteiger partial charge in [-0.15, -0.1) is 0 Å². The van der Waals surface area contributed by atoms with Crippen molar-refractivity contribution >= 4 is 34.1 Å². The fourth-order valence-corrected chi connectivity index (χ4v) is 20.1. The molecular weight excluding hydrogens is 1420 g/mol. The summed E-state index contributed by atoms with van der Waals surface area (Å²) >= 11 is 0. The average Bonchev–Trinajstić information content (AvgIpc) is 1.51. The molecular formula is C116H78N2. The van der Waals surface area contributed by atoms with E-state index in [4.69, 9.17) is 0 Å². The zero-order valence-corrected chi connectivity index (χ0v) is 64.9. The zero-order chi connectivity index (χ0) is 78.1. The third kappa shape index (κ3) is 11.2. The van der Waals surface area contributed by atoms with Crippen molar-refractivity contribution in [1.82, 2.24) is 0 Å². The number of hydrogen-bond donors (Lipinski definition) is 0. The molecule has 0 radical (unpaired) electrons. The molecule has 19 aromatic rings. The van der Waals surface area contributed by atoms with Gasteiger partial charge >= 0.3 is 0 Å². The quantitative estimate of drug-likeness (QED) is 0.114. The minimum Gasteiger partial charge on any atom is -0.309 e. The number of nitrogens with zero attached hydrogens (tertiary/aromatic N) is 2. The van der Waals surface area contributed by atoms with Gasteiger partial charge in [-0.2, -0.15) is 0 Å². The van der Waals surface area contributed by atoms with Crippen molar-refractivity contribution in [3.05, 3.63) is 518 Å². The Hall–Kier alpha value is -15.2. The highest BCUT2D eigenvalue weighted by molar-refractivity contribution is 6.07. The van der Waals surface area contributed by atoms with Gasteiger partial charge in [0.25, 0.3) is 0 Å². The molecule has 23 rings (SSSR count). The Bertz CT molecular complexity index is 6770. The van der Waals surface area contributed by atoms with E-state index < -0.39 is 10.8 Å². The molecule has 118 heavy (non-hydrogen) atoms. The Balaban J connectivity index is 0.000000143. The van der Waals surface area contributed by atoms with Crippen molar-refractivity contribution in [2.24, 2.45) is 0 Å². The molecule has 0 fully saturated rings. The van der Waals surface area contributed by atoms with Crippen LogP contribution in [-0.4, -0.2) is 0 Å². The van der Waals surface area contributed by atoms with Crippen LogP contribution in [0, 0.1) is 0 Å². The summed E-state index contributed by atoms with van der Waals surface area (Å²) in [6.07, 6.45) is 0. The predicted octanol–water partition coefficient (Wildman–Crippen LogP) is 30.7. The molecule has 4 aliphatic carbocycles. The highest BCUT2D eigenvalue weighted by Crippen LogP contribution is 2.68. The van der Waals surface area contributed by atoms with Gasteiger partial charge in [-0.1, -0.05) is 419 Å². The zero-order valence-electron chi connectivity index (χ0n) is 64.9. The van der Waals surface area contributed by atoms with E-state index in [1.54, 1.807) is 0 Å². The Morgan fingerprint density at radius 1 is 0.136 bits per heavy atom. The van der Waals surface area contributed by atoms with Crippen molar-refractivity contribution in [3.63, 3.8) is 0 Å². The van der Waals surface area contributed by atoms with E-state index in [1.165, 1.54) is 134 Å². The minimum atomic E-state index is -0.483. The lowest BCUT2D eigenvalue weighted by atomic mass is 9.70. The number of benzene rings is 19. The van der Waals surface area contributed by atoms with Gasteiger partial charge in [0.15, 0.2) is 0 Å². The van der Waals surface area contributed by atoms with Crippen molar-refractivity contribution in [1.29, 1.82) is 0 Å². The lowest BCUT2D eigenvalue weighted by molar-refractivity contribution is 0.794. The number of hydrogen-bond acceptors (Lipinski definition) is 2. The number of fused-ring (bicyclic) bond motifs is 20. The Labute approximate surface area is 690 Å². The predicted molar refractivity (Wildman–Crippen MR) is 493 cm³/mol. The monoisotopic (exact) mass is 1500 g/mol. The SMILES string of the molecule is c1ccc(-c2cc(-c3ccccc3)cc(N(c3cccc4c3-c3ccccc3C43c4ccccc4-c4ccccc43)c3c(-c4ccccc4)cccc3-c3ccccc3)c2)cc1.c1ccc(-c2cc(-c3ccccc3)cc(N(c3ccccc3-c3ccccc3)c3cccc4c3-c3ccccc3C43c4ccccc4-c4ccccc43)c2)cc1. The average molecular weight is 1500 g/mol. The standard InChI is InChI=1S/C61H41N.C55H37N/c1-5-21-42(22-6-1)46-39-47(43-23-7-2-8-24-43)41-48(40-46)62(60-49(44-25-9-3-10-26-44)32-19-33-50(60)45-27-11-4-12-28-45)58-38-20-37-57-59(58)53-31-15-18-36-56(53)61(57)54-34-16-13-29-51(54)52-30-14-17-35-55(52)61;1-4-19-38(20-5-1)41-35-42(39-21-6-2-7-22-39)37-43(36-41)56(52-33-17-13-25-44(52)40-23-8-3-9-24-40)53-34-18-32-51-54(53)47-28-12-16-31-50(47)55(51)48-29-14-10-26-45(48)46-27-11-15-30-49(46)55/h1-41H;1-37H. The first-order valence-electron chi connectivity index (χ1n) is 41.0. The van der Waals surface area contributed by atoms with E-state index in [2.05, 4.69) is 483 Å². The van der Waals surface area contributed by atoms with Crippen LogP contribution in [-0.2, 0) is 10.8 Å². The smallest absolute Gasteiger partial charge is 0.0726 e. The number of anilines is 6. The van der Waals surface area contributed by atoms with Crippen molar-refractivity contribution in [3.8, 4) is 122 Å². The van der Waals surface area contributed by atoms with E-state index in [0.717, 1.165) is 67.5 Å². The first-order chi connectivity index (χ1) is 58.6. The second kappa shape index (κ2) is 29.0. The molecule has 19 aromatic carbocycles. The van der Waals surface area contributed by atoms with Crippen LogP contribution < -0.4 is 9.80 Å².